The van der Waals surface area contributed by atoms with Crippen molar-refractivity contribution in [2.24, 2.45) is 4.99 Å². The zero-order valence-corrected chi connectivity index (χ0v) is 11.7. The van der Waals surface area contributed by atoms with Crippen LogP contribution in [0.1, 0.15) is 30.9 Å². The smallest absolute Gasteiger partial charge is 0.194 e. The van der Waals surface area contributed by atoms with Gasteiger partial charge in [-0.2, -0.15) is 5.26 Å². The SMILES string of the molecule is CCNC(=NCc1cc(C#N)ccc1F)N1CCCC1. The molecule has 1 heterocycles. The minimum atomic E-state index is -0.315. The van der Waals surface area contributed by atoms with Crippen molar-refractivity contribution in [3.05, 3.63) is 35.1 Å². The van der Waals surface area contributed by atoms with E-state index in [9.17, 15) is 4.39 Å². The van der Waals surface area contributed by atoms with Crippen LogP contribution in [0.4, 0.5) is 4.39 Å². The Labute approximate surface area is 118 Å². The van der Waals surface area contributed by atoms with Gasteiger partial charge in [0.15, 0.2) is 5.96 Å². The minimum absolute atomic E-state index is 0.250. The molecule has 1 fully saturated rings. The van der Waals surface area contributed by atoms with Crippen molar-refractivity contribution in [2.45, 2.75) is 26.3 Å². The topological polar surface area (TPSA) is 51.4 Å². The third kappa shape index (κ3) is 3.47. The van der Waals surface area contributed by atoms with Crippen LogP contribution in [-0.2, 0) is 6.54 Å². The first-order chi connectivity index (χ1) is 9.74. The fraction of sp³-hybridized carbons (Fsp3) is 0.467. The van der Waals surface area contributed by atoms with Gasteiger partial charge in [0.05, 0.1) is 18.2 Å². The summed E-state index contributed by atoms with van der Waals surface area (Å²) in [5.41, 5.74) is 0.918. The lowest BCUT2D eigenvalue weighted by Crippen LogP contribution is -2.39. The fourth-order valence-corrected chi connectivity index (χ4v) is 2.28. The first-order valence-corrected chi connectivity index (χ1v) is 6.96. The Morgan fingerprint density at radius 1 is 1.45 bits per heavy atom. The number of nitrogens with zero attached hydrogens (tertiary/aromatic N) is 3. The lowest BCUT2D eigenvalue weighted by Gasteiger charge is -2.20. The van der Waals surface area contributed by atoms with Crippen LogP contribution >= 0.6 is 0 Å². The quantitative estimate of drug-likeness (QED) is 0.679. The summed E-state index contributed by atoms with van der Waals surface area (Å²) in [7, 11) is 0. The summed E-state index contributed by atoms with van der Waals surface area (Å²) < 4.78 is 13.7. The summed E-state index contributed by atoms with van der Waals surface area (Å²) in [6.45, 7) is 5.04. The van der Waals surface area contributed by atoms with E-state index in [1.165, 1.54) is 25.0 Å². The van der Waals surface area contributed by atoms with E-state index in [0.717, 1.165) is 25.6 Å². The third-order valence-corrected chi connectivity index (χ3v) is 3.31. The van der Waals surface area contributed by atoms with Gasteiger partial charge in [0, 0.05) is 25.2 Å². The van der Waals surface area contributed by atoms with Gasteiger partial charge in [-0.25, -0.2) is 9.38 Å². The number of nitrogens with one attached hydrogen (secondary N) is 1. The molecule has 0 aliphatic carbocycles. The van der Waals surface area contributed by atoms with Gasteiger partial charge in [0.1, 0.15) is 5.82 Å². The third-order valence-electron chi connectivity index (χ3n) is 3.31. The number of hydrogen-bond donors (Lipinski definition) is 1. The highest BCUT2D eigenvalue weighted by Gasteiger charge is 2.15. The van der Waals surface area contributed by atoms with Crippen molar-refractivity contribution in [1.82, 2.24) is 10.2 Å². The molecule has 1 aliphatic rings. The molecule has 4 nitrogen and oxygen atoms in total. The summed E-state index contributed by atoms with van der Waals surface area (Å²) in [6.07, 6.45) is 2.34. The molecular weight excluding hydrogens is 255 g/mol. The van der Waals surface area contributed by atoms with Crippen LogP contribution in [0.2, 0.25) is 0 Å². The molecular formula is C15H19FN4. The van der Waals surface area contributed by atoms with E-state index in [-0.39, 0.29) is 12.4 Å². The number of hydrogen-bond acceptors (Lipinski definition) is 2. The molecule has 0 aromatic heterocycles. The fourth-order valence-electron chi connectivity index (χ4n) is 2.28. The van der Waals surface area contributed by atoms with Crippen LogP contribution in [0.5, 0.6) is 0 Å². The predicted molar refractivity (Wildman–Crippen MR) is 76.7 cm³/mol. The largest absolute Gasteiger partial charge is 0.357 e. The van der Waals surface area contributed by atoms with Crippen molar-refractivity contribution in [2.75, 3.05) is 19.6 Å². The Morgan fingerprint density at radius 2 is 2.20 bits per heavy atom. The maximum atomic E-state index is 13.7. The maximum Gasteiger partial charge on any atom is 0.194 e. The highest BCUT2D eigenvalue weighted by molar-refractivity contribution is 5.80. The Morgan fingerprint density at radius 3 is 2.85 bits per heavy atom. The van der Waals surface area contributed by atoms with Crippen molar-refractivity contribution >= 4 is 5.96 Å². The second kappa shape index (κ2) is 6.90. The van der Waals surface area contributed by atoms with Crippen molar-refractivity contribution in [3.63, 3.8) is 0 Å². The van der Waals surface area contributed by atoms with Crippen molar-refractivity contribution < 1.29 is 4.39 Å². The lowest BCUT2D eigenvalue weighted by molar-refractivity contribution is 0.493. The molecule has 2 rings (SSSR count). The van der Waals surface area contributed by atoms with E-state index < -0.39 is 0 Å². The molecule has 1 aromatic rings. The van der Waals surface area contributed by atoms with Crippen LogP contribution < -0.4 is 5.32 Å². The molecule has 0 bridgehead atoms. The minimum Gasteiger partial charge on any atom is -0.357 e. The highest BCUT2D eigenvalue weighted by Crippen LogP contribution is 2.13. The molecule has 106 valence electrons. The van der Waals surface area contributed by atoms with Crippen LogP contribution in [0.15, 0.2) is 23.2 Å². The van der Waals surface area contributed by atoms with Crippen LogP contribution in [0.25, 0.3) is 0 Å². The average molecular weight is 274 g/mol. The summed E-state index contributed by atoms with van der Waals surface area (Å²) >= 11 is 0. The molecule has 0 atom stereocenters. The van der Waals surface area contributed by atoms with E-state index in [2.05, 4.69) is 15.2 Å². The average Bonchev–Trinajstić information content (AvgIpc) is 2.99. The van der Waals surface area contributed by atoms with Gasteiger partial charge in [-0.15, -0.1) is 0 Å². The summed E-state index contributed by atoms with van der Waals surface area (Å²) in [5.74, 6) is 0.511. The molecule has 0 amide bonds. The predicted octanol–water partition coefficient (Wildman–Crippen LogP) is 2.26. The zero-order valence-electron chi connectivity index (χ0n) is 11.7. The maximum absolute atomic E-state index is 13.7. The van der Waals surface area contributed by atoms with E-state index in [4.69, 9.17) is 5.26 Å². The molecule has 1 saturated heterocycles. The van der Waals surface area contributed by atoms with Gasteiger partial charge < -0.3 is 10.2 Å². The molecule has 0 spiro atoms. The van der Waals surface area contributed by atoms with Gasteiger partial charge in [-0.1, -0.05) is 0 Å². The Kier molecular flexibility index (Phi) is 4.94. The number of nitriles is 1. The molecule has 20 heavy (non-hydrogen) atoms. The lowest BCUT2D eigenvalue weighted by atomic mass is 10.1. The first kappa shape index (κ1) is 14.3. The number of halogens is 1. The van der Waals surface area contributed by atoms with Gasteiger partial charge in [0.25, 0.3) is 0 Å². The van der Waals surface area contributed by atoms with E-state index >= 15 is 0 Å². The molecule has 1 aliphatic heterocycles. The van der Waals surface area contributed by atoms with Crippen LogP contribution in [0.3, 0.4) is 0 Å². The van der Waals surface area contributed by atoms with Crippen molar-refractivity contribution in [3.8, 4) is 6.07 Å². The number of guanidine groups is 1. The summed E-state index contributed by atoms with van der Waals surface area (Å²) in [4.78, 5) is 6.67. The van der Waals surface area contributed by atoms with Gasteiger partial charge in [0.2, 0.25) is 0 Å². The zero-order chi connectivity index (χ0) is 14.4. The highest BCUT2D eigenvalue weighted by atomic mass is 19.1. The summed E-state index contributed by atoms with van der Waals surface area (Å²) in [5, 5.41) is 12.1. The van der Waals surface area contributed by atoms with Gasteiger partial charge >= 0.3 is 0 Å². The molecule has 1 N–H and O–H groups in total. The van der Waals surface area contributed by atoms with Crippen molar-refractivity contribution in [1.29, 1.82) is 5.26 Å². The molecule has 5 heteroatoms. The van der Waals surface area contributed by atoms with E-state index in [0.29, 0.717) is 11.1 Å². The Balaban J connectivity index is 2.14. The number of aliphatic imine (C=N–C) groups is 1. The Hall–Kier alpha value is -2.09. The van der Waals surface area contributed by atoms with Crippen LogP contribution in [-0.4, -0.2) is 30.5 Å². The monoisotopic (exact) mass is 274 g/mol. The number of benzene rings is 1. The van der Waals surface area contributed by atoms with Gasteiger partial charge in [-0.05, 0) is 38.0 Å². The van der Waals surface area contributed by atoms with E-state index in [1.54, 1.807) is 6.07 Å². The molecule has 0 radical (unpaired) electrons. The Bertz CT molecular complexity index is 527. The second-order valence-electron chi connectivity index (χ2n) is 4.78. The second-order valence-corrected chi connectivity index (χ2v) is 4.78. The van der Waals surface area contributed by atoms with Crippen LogP contribution in [0, 0.1) is 17.1 Å². The molecule has 0 saturated carbocycles. The standard InChI is InChI=1S/C15H19FN4/c1-2-18-15(20-7-3-4-8-20)19-11-13-9-12(10-17)5-6-14(13)16/h5-6,9H,2-4,7-8,11H2,1H3,(H,18,19). The molecule has 0 unspecified atom stereocenters. The van der Waals surface area contributed by atoms with Gasteiger partial charge in [-0.3, -0.25) is 0 Å². The van der Waals surface area contributed by atoms with E-state index in [1.807, 2.05) is 13.0 Å². The summed E-state index contributed by atoms with van der Waals surface area (Å²) in [6, 6.07) is 6.39. The molecule has 1 aromatic carbocycles. The normalized spacial score (nSPS) is 15.2. The number of rotatable bonds is 3. The first-order valence-electron chi connectivity index (χ1n) is 6.96. The number of likely N-dealkylation sites (tertiary alicyclic amines) is 1.